The number of nitrogens with zero attached hydrogens (tertiary/aromatic N) is 1. The van der Waals surface area contributed by atoms with E-state index in [0.29, 0.717) is 43.9 Å². The number of ether oxygens (including phenoxy) is 2. The van der Waals surface area contributed by atoms with Crippen molar-refractivity contribution in [3.63, 3.8) is 0 Å². The van der Waals surface area contributed by atoms with E-state index >= 15 is 0 Å². The molecule has 0 fully saturated rings. The van der Waals surface area contributed by atoms with E-state index in [4.69, 9.17) is 9.47 Å². The third-order valence-corrected chi connectivity index (χ3v) is 5.43. The Balaban J connectivity index is 1.32. The smallest absolute Gasteiger partial charge is 0.257 e. The molecule has 36 heavy (non-hydrogen) atoms. The fraction of sp³-hybridized carbons (Fsp3) is 0.444. The Morgan fingerprint density at radius 2 is 1.72 bits per heavy atom. The van der Waals surface area contributed by atoms with Gasteiger partial charge in [-0.05, 0) is 74.7 Å². The monoisotopic (exact) mass is 496 g/mol. The van der Waals surface area contributed by atoms with Crippen LogP contribution in [0.4, 0.5) is 0 Å². The number of carbonyl (C=O) groups excluding carboxylic acids is 2. The summed E-state index contributed by atoms with van der Waals surface area (Å²) in [6, 6.07) is 14.9. The Morgan fingerprint density at radius 1 is 1.06 bits per heavy atom. The van der Waals surface area contributed by atoms with E-state index in [2.05, 4.69) is 21.2 Å². The lowest BCUT2D eigenvalue weighted by Gasteiger charge is -2.23. The third-order valence-electron chi connectivity index (χ3n) is 5.43. The third kappa shape index (κ3) is 9.67. The first-order valence-electron chi connectivity index (χ1n) is 12.2. The van der Waals surface area contributed by atoms with Gasteiger partial charge >= 0.3 is 0 Å². The van der Waals surface area contributed by atoms with Gasteiger partial charge in [-0.1, -0.05) is 12.1 Å². The van der Waals surface area contributed by atoms with Crippen LogP contribution in [0.5, 0.6) is 11.5 Å². The van der Waals surface area contributed by atoms with Crippen LogP contribution in [0.15, 0.2) is 53.6 Å². The lowest BCUT2D eigenvalue weighted by atomic mass is 10.0. The van der Waals surface area contributed by atoms with Crippen LogP contribution in [0.1, 0.15) is 44.7 Å². The normalized spacial score (nSPS) is 14.4. The van der Waals surface area contributed by atoms with Gasteiger partial charge in [-0.15, -0.1) is 0 Å². The van der Waals surface area contributed by atoms with Crippen LogP contribution in [0.25, 0.3) is 0 Å². The summed E-state index contributed by atoms with van der Waals surface area (Å²) in [6.45, 7) is 7.24. The molecule has 9 nitrogen and oxygen atoms in total. The van der Waals surface area contributed by atoms with Crippen LogP contribution in [0.2, 0.25) is 0 Å². The van der Waals surface area contributed by atoms with E-state index in [1.807, 2.05) is 57.2 Å². The lowest BCUT2D eigenvalue weighted by molar-refractivity contribution is -0.123. The summed E-state index contributed by atoms with van der Waals surface area (Å²) in [4.78, 5) is 23.3. The first-order valence-corrected chi connectivity index (χ1v) is 12.2. The second-order valence-electron chi connectivity index (χ2n) is 9.75. The minimum absolute atomic E-state index is 0.0530. The van der Waals surface area contributed by atoms with Gasteiger partial charge < -0.3 is 25.2 Å². The zero-order chi connectivity index (χ0) is 26.0. The summed E-state index contributed by atoms with van der Waals surface area (Å²) in [6.07, 6.45) is 1.12. The zero-order valence-corrected chi connectivity index (χ0v) is 21.2. The van der Waals surface area contributed by atoms with Crippen molar-refractivity contribution < 1.29 is 24.2 Å². The Labute approximate surface area is 212 Å². The van der Waals surface area contributed by atoms with Crippen LogP contribution in [-0.2, 0) is 16.0 Å². The number of β-amino-alcohol motifs (C(OH)–C–C–N with tert-alkyl or cyclic N) is 1. The Morgan fingerprint density at radius 3 is 2.36 bits per heavy atom. The summed E-state index contributed by atoms with van der Waals surface area (Å²) in [5, 5.41) is 20.2. The molecule has 0 saturated heterocycles. The number of amides is 2. The number of benzene rings is 2. The van der Waals surface area contributed by atoms with Gasteiger partial charge in [-0.3, -0.25) is 9.59 Å². The number of aliphatic hydroxyl groups excluding tert-OH is 1. The summed E-state index contributed by atoms with van der Waals surface area (Å²) in [5.74, 6) is 1.00. The summed E-state index contributed by atoms with van der Waals surface area (Å²) in [5.41, 5.74) is 5.23. The molecule has 0 radical (unpaired) electrons. The van der Waals surface area contributed by atoms with Gasteiger partial charge in [0.2, 0.25) is 5.91 Å². The molecule has 2 aromatic carbocycles. The van der Waals surface area contributed by atoms with Crippen molar-refractivity contribution in [2.45, 2.75) is 51.7 Å². The Kier molecular flexibility index (Phi) is 9.84. The number of carbonyl (C=O) groups is 2. The van der Waals surface area contributed by atoms with Gasteiger partial charge in [0.15, 0.2) is 6.61 Å². The quantitative estimate of drug-likeness (QED) is 0.357. The van der Waals surface area contributed by atoms with Gasteiger partial charge in [0.25, 0.3) is 5.91 Å². The first kappa shape index (κ1) is 27.2. The van der Waals surface area contributed by atoms with E-state index < -0.39 is 6.10 Å². The highest BCUT2D eigenvalue weighted by Crippen LogP contribution is 2.16. The molecule has 1 aliphatic heterocycles. The molecule has 9 heteroatoms. The summed E-state index contributed by atoms with van der Waals surface area (Å²) < 4.78 is 11.2. The summed E-state index contributed by atoms with van der Waals surface area (Å²) >= 11 is 0. The Bertz CT molecular complexity index is 1030. The number of hydrogen-bond donors (Lipinski definition) is 4. The van der Waals surface area contributed by atoms with E-state index in [1.165, 1.54) is 0 Å². The number of nitrogens with one attached hydrogen (secondary N) is 3. The fourth-order valence-electron chi connectivity index (χ4n) is 3.40. The molecule has 4 N–H and O–H groups in total. The maximum atomic E-state index is 12.1. The number of rotatable bonds is 12. The van der Waals surface area contributed by atoms with E-state index in [1.54, 1.807) is 12.1 Å². The second-order valence-corrected chi connectivity index (χ2v) is 9.75. The molecule has 0 aliphatic carbocycles. The average molecular weight is 497 g/mol. The van der Waals surface area contributed by atoms with Crippen molar-refractivity contribution in [3.8, 4) is 11.5 Å². The molecule has 0 bridgehead atoms. The van der Waals surface area contributed by atoms with Gasteiger partial charge in [0.1, 0.15) is 24.2 Å². The van der Waals surface area contributed by atoms with E-state index in [0.717, 1.165) is 16.8 Å². The highest BCUT2D eigenvalue weighted by molar-refractivity contribution is 6.04. The van der Waals surface area contributed by atoms with Crippen molar-refractivity contribution in [1.82, 2.24) is 16.1 Å². The number of aliphatic hydroxyl groups is 1. The highest BCUT2D eigenvalue weighted by atomic mass is 16.5. The number of hydrazone groups is 1. The van der Waals surface area contributed by atoms with Crippen molar-refractivity contribution in [2.24, 2.45) is 5.10 Å². The van der Waals surface area contributed by atoms with Crippen LogP contribution in [-0.4, -0.2) is 60.6 Å². The van der Waals surface area contributed by atoms with Crippen LogP contribution in [0, 0.1) is 0 Å². The van der Waals surface area contributed by atoms with Crippen molar-refractivity contribution in [2.75, 3.05) is 26.3 Å². The molecule has 1 atom stereocenters. The zero-order valence-electron chi connectivity index (χ0n) is 21.2. The van der Waals surface area contributed by atoms with Crippen molar-refractivity contribution in [3.05, 3.63) is 59.7 Å². The molecule has 0 aromatic heterocycles. The van der Waals surface area contributed by atoms with Gasteiger partial charge in [0.05, 0.1) is 5.71 Å². The first-order chi connectivity index (χ1) is 17.2. The molecule has 0 unspecified atom stereocenters. The average Bonchev–Trinajstić information content (AvgIpc) is 2.86. The van der Waals surface area contributed by atoms with Gasteiger partial charge in [-0.2, -0.15) is 5.10 Å². The molecule has 0 saturated carbocycles. The van der Waals surface area contributed by atoms with Crippen LogP contribution in [0.3, 0.4) is 0 Å². The fourth-order valence-corrected chi connectivity index (χ4v) is 3.40. The second kappa shape index (κ2) is 13.0. The molecule has 1 heterocycles. The summed E-state index contributed by atoms with van der Waals surface area (Å²) in [7, 11) is 0. The van der Waals surface area contributed by atoms with Crippen LogP contribution < -0.4 is 25.5 Å². The van der Waals surface area contributed by atoms with Crippen LogP contribution >= 0.6 is 0 Å². The molecule has 1 aliphatic rings. The minimum Gasteiger partial charge on any atom is -0.491 e. The maximum absolute atomic E-state index is 12.1. The topological polar surface area (TPSA) is 121 Å². The molecule has 0 spiro atoms. The highest BCUT2D eigenvalue weighted by Gasteiger charge is 2.14. The minimum atomic E-state index is -0.588. The van der Waals surface area contributed by atoms with E-state index in [-0.39, 0.29) is 30.6 Å². The largest absolute Gasteiger partial charge is 0.491 e. The van der Waals surface area contributed by atoms with Crippen molar-refractivity contribution >= 4 is 17.5 Å². The predicted molar refractivity (Wildman–Crippen MR) is 138 cm³/mol. The molecular weight excluding hydrogens is 460 g/mol. The molecular formula is C27H36N4O5. The number of hydrogen-bond acceptors (Lipinski definition) is 7. The van der Waals surface area contributed by atoms with Gasteiger partial charge in [0, 0.05) is 31.5 Å². The maximum Gasteiger partial charge on any atom is 0.257 e. The standard InChI is InChI=1S/C27H36N4O5/c1-27(2,3)29-16-21(32)17-35-22-8-4-19(5-9-22)14-15-28-26(34)18-36-23-10-6-20(7-11-23)24-12-13-25(33)31-30-24/h4-11,21,29,32H,12-18H2,1-3H3,(H,28,34)(H,31,33)/t21-/m0/s1. The molecule has 2 aromatic rings. The van der Waals surface area contributed by atoms with Crippen molar-refractivity contribution in [1.29, 1.82) is 0 Å². The SMILES string of the molecule is CC(C)(C)NC[C@H](O)COc1ccc(CCNC(=O)COc2ccc(C3=NNC(=O)CC3)cc2)cc1. The van der Waals surface area contributed by atoms with Gasteiger partial charge in [-0.25, -0.2) is 5.43 Å². The molecule has 3 rings (SSSR count). The predicted octanol–water partition coefficient (Wildman–Crippen LogP) is 2.17. The molecule has 194 valence electrons. The molecule has 2 amide bonds. The van der Waals surface area contributed by atoms with E-state index in [9.17, 15) is 14.7 Å². The Hall–Kier alpha value is -3.43. The lowest BCUT2D eigenvalue weighted by Crippen LogP contribution is -2.42.